The number of hydrogen-bond donors (Lipinski definition) is 2. The molecule has 2 N–H and O–H groups in total. The van der Waals surface area contributed by atoms with E-state index in [0.29, 0.717) is 0 Å². The van der Waals surface area contributed by atoms with Crippen LogP contribution in [0.3, 0.4) is 0 Å². The first-order valence-corrected chi connectivity index (χ1v) is 5.12. The van der Waals surface area contributed by atoms with Crippen molar-refractivity contribution >= 4 is 30.6 Å². The average molecular weight is 160 g/mol. The van der Waals surface area contributed by atoms with E-state index in [9.17, 15) is 0 Å². The summed E-state index contributed by atoms with van der Waals surface area (Å²) in [6.45, 7) is -3.37. The maximum Gasteiger partial charge on any atom is 0.333 e. The molecule has 44 valence electrons. The van der Waals surface area contributed by atoms with Crippen LogP contribution in [0.2, 0.25) is 0 Å². The van der Waals surface area contributed by atoms with Crippen molar-refractivity contribution < 1.29 is 13.8 Å². The van der Waals surface area contributed by atoms with Crippen LogP contribution in [0.25, 0.3) is 0 Å². The summed E-state index contributed by atoms with van der Waals surface area (Å²) in [6, 6.07) is 0. The molecule has 0 heterocycles. The first kappa shape index (κ1) is 7.88. The Balaban J connectivity index is 3.36. The third-order valence-corrected chi connectivity index (χ3v) is 2.09. The van der Waals surface area contributed by atoms with Crippen LogP contribution >= 0.6 is 18.8 Å². The fourth-order valence-corrected chi connectivity index (χ4v) is 1.42. The van der Waals surface area contributed by atoms with E-state index in [2.05, 4.69) is 15.8 Å². The molecule has 0 bridgehead atoms. The molecule has 0 rings (SSSR count). The normalized spacial score (nSPS) is 11.9. The van der Waals surface area contributed by atoms with Gasteiger partial charge in [0.2, 0.25) is 0 Å². The van der Waals surface area contributed by atoms with Crippen LogP contribution in [0.5, 0.6) is 0 Å². The fourth-order valence-electron chi connectivity index (χ4n) is 0.0971. The highest BCUT2D eigenvalue weighted by molar-refractivity contribution is 8.11. The highest BCUT2D eigenvalue weighted by Crippen LogP contribution is 2.40. The van der Waals surface area contributed by atoms with Crippen LogP contribution in [-0.2, 0) is 15.8 Å². The second kappa shape index (κ2) is 3.02. The first-order chi connectivity index (χ1) is 3.06. The maximum atomic E-state index is 8.26. The van der Waals surface area contributed by atoms with E-state index in [1.54, 1.807) is 6.26 Å². The van der Waals surface area contributed by atoms with Crippen molar-refractivity contribution in [3.63, 3.8) is 0 Å². The average Bonchev–Trinajstić information content (AvgIpc) is 1.30. The Morgan fingerprint density at radius 3 is 2.14 bits per heavy atom. The van der Waals surface area contributed by atoms with Crippen LogP contribution in [0, 0.1) is 0 Å². The summed E-state index contributed by atoms with van der Waals surface area (Å²) < 4.78 is 4.18. The van der Waals surface area contributed by atoms with Crippen LogP contribution in [0.15, 0.2) is 0 Å². The molecule has 0 saturated heterocycles. The molecule has 3 nitrogen and oxygen atoms in total. The fraction of sp³-hybridized carbons (Fsp3) is 1.00. The van der Waals surface area contributed by atoms with Crippen molar-refractivity contribution in [3.8, 4) is 0 Å². The van der Waals surface area contributed by atoms with Gasteiger partial charge in [0, 0.05) is 6.26 Å². The smallest absolute Gasteiger partial charge is 0.324 e. The minimum absolute atomic E-state index is 0.854. The third-order valence-electron chi connectivity index (χ3n) is 0.172. The quantitative estimate of drug-likeness (QED) is 0.454. The van der Waals surface area contributed by atoms with Crippen molar-refractivity contribution in [1.82, 2.24) is 0 Å². The van der Waals surface area contributed by atoms with Crippen molar-refractivity contribution in [2.45, 2.75) is 0 Å². The van der Waals surface area contributed by atoms with Gasteiger partial charge in [-0.1, -0.05) is 0 Å². The lowest BCUT2D eigenvalue weighted by atomic mass is 12.0. The van der Waals surface area contributed by atoms with Crippen molar-refractivity contribution in [2.24, 2.45) is 0 Å². The SMILES string of the molecule is CSOP(O)(O)=S. The molecule has 0 fully saturated rings. The topological polar surface area (TPSA) is 49.7 Å². The molecule has 0 spiro atoms. The first-order valence-electron chi connectivity index (χ1n) is 1.34. The highest BCUT2D eigenvalue weighted by atomic mass is 32.5. The lowest BCUT2D eigenvalue weighted by Gasteiger charge is -2.01. The van der Waals surface area contributed by atoms with E-state index in [1.165, 1.54) is 0 Å². The molecule has 0 aromatic carbocycles. The zero-order valence-electron chi connectivity index (χ0n) is 3.57. The van der Waals surface area contributed by atoms with Crippen LogP contribution < -0.4 is 0 Å². The highest BCUT2D eigenvalue weighted by Gasteiger charge is 2.04. The van der Waals surface area contributed by atoms with Gasteiger partial charge < -0.3 is 9.79 Å². The van der Waals surface area contributed by atoms with E-state index in [4.69, 9.17) is 9.79 Å². The zero-order chi connectivity index (χ0) is 5.91. The minimum Gasteiger partial charge on any atom is -0.324 e. The Kier molecular flexibility index (Phi) is 3.40. The summed E-state index contributed by atoms with van der Waals surface area (Å²) >= 11 is 4.92. The molecule has 0 aliphatic heterocycles. The van der Waals surface area contributed by atoms with Gasteiger partial charge in [-0.25, -0.2) is 3.97 Å². The molecular formula is CH5O3PS2. The molecule has 0 aliphatic carbocycles. The van der Waals surface area contributed by atoms with Gasteiger partial charge in [-0.15, -0.1) is 0 Å². The van der Waals surface area contributed by atoms with Crippen LogP contribution in [0.1, 0.15) is 0 Å². The number of rotatable bonds is 2. The van der Waals surface area contributed by atoms with E-state index in [-0.39, 0.29) is 0 Å². The summed E-state index contributed by atoms with van der Waals surface area (Å²) in [5.41, 5.74) is 0. The minimum atomic E-state index is -3.37. The summed E-state index contributed by atoms with van der Waals surface area (Å²) in [7, 11) is 0. The van der Waals surface area contributed by atoms with Gasteiger partial charge in [0.15, 0.2) is 0 Å². The molecular weight excluding hydrogens is 155 g/mol. The second-order valence-corrected chi connectivity index (χ2v) is 4.07. The molecule has 0 aliphatic rings. The van der Waals surface area contributed by atoms with Crippen molar-refractivity contribution in [1.29, 1.82) is 0 Å². The molecule has 0 atom stereocenters. The predicted molar refractivity (Wildman–Crippen MR) is 33.3 cm³/mol. The molecule has 0 saturated carbocycles. The molecule has 0 amide bonds. The molecule has 0 unspecified atom stereocenters. The zero-order valence-corrected chi connectivity index (χ0v) is 6.09. The Hall–Kier alpha value is 0.880. The van der Waals surface area contributed by atoms with E-state index >= 15 is 0 Å². The van der Waals surface area contributed by atoms with E-state index in [1.807, 2.05) is 0 Å². The van der Waals surface area contributed by atoms with Crippen molar-refractivity contribution in [2.75, 3.05) is 6.26 Å². The standard InChI is InChI=1S/CH5O3PS2/c1-7-4-5(2,3)6/h1H3,(H2,2,3,6). The van der Waals surface area contributed by atoms with Gasteiger partial charge in [0.05, 0.1) is 0 Å². The Morgan fingerprint density at radius 2 is 2.14 bits per heavy atom. The molecule has 0 aromatic heterocycles. The van der Waals surface area contributed by atoms with Crippen LogP contribution in [-0.4, -0.2) is 16.0 Å². The number of hydrogen-bond acceptors (Lipinski definition) is 3. The molecule has 0 aromatic rings. The van der Waals surface area contributed by atoms with Gasteiger partial charge in [-0.2, -0.15) is 0 Å². The maximum absolute atomic E-state index is 8.26. The Labute approximate surface area is 51.2 Å². The molecule has 6 heteroatoms. The largest absolute Gasteiger partial charge is 0.333 e. The van der Waals surface area contributed by atoms with E-state index in [0.717, 1.165) is 12.0 Å². The summed E-state index contributed by atoms with van der Waals surface area (Å²) in [5.74, 6) is 0. The van der Waals surface area contributed by atoms with Gasteiger partial charge in [0.25, 0.3) is 0 Å². The lowest BCUT2D eigenvalue weighted by molar-refractivity contribution is 0.393. The second-order valence-electron chi connectivity index (χ2n) is 0.732. The summed E-state index contributed by atoms with van der Waals surface area (Å²) in [5, 5.41) is 0. The molecule has 0 radical (unpaired) electrons. The Bertz CT molecular complexity index is 86.9. The van der Waals surface area contributed by atoms with Gasteiger partial charge >= 0.3 is 6.72 Å². The van der Waals surface area contributed by atoms with Gasteiger partial charge in [-0.3, -0.25) is 0 Å². The molecule has 7 heavy (non-hydrogen) atoms. The Morgan fingerprint density at radius 1 is 1.71 bits per heavy atom. The van der Waals surface area contributed by atoms with Crippen molar-refractivity contribution in [3.05, 3.63) is 0 Å². The summed E-state index contributed by atoms with van der Waals surface area (Å²) in [4.78, 5) is 16.5. The predicted octanol–water partition coefficient (Wildman–Crippen LogP) is 0.490. The van der Waals surface area contributed by atoms with Crippen LogP contribution in [0.4, 0.5) is 0 Å². The lowest BCUT2D eigenvalue weighted by Crippen LogP contribution is -1.73. The van der Waals surface area contributed by atoms with E-state index < -0.39 is 6.72 Å². The monoisotopic (exact) mass is 160 g/mol. The summed E-state index contributed by atoms with van der Waals surface area (Å²) in [6.07, 6.45) is 1.56. The van der Waals surface area contributed by atoms with Gasteiger partial charge in [0.1, 0.15) is 0 Å². The third kappa shape index (κ3) is 6.88. The van der Waals surface area contributed by atoms with Gasteiger partial charge in [-0.05, 0) is 23.8 Å².